The first-order chi connectivity index (χ1) is 9.28. The van der Waals surface area contributed by atoms with Crippen LogP contribution in [0.2, 0.25) is 0 Å². The van der Waals surface area contributed by atoms with Crippen LogP contribution in [0.1, 0.15) is 0 Å². The van der Waals surface area contributed by atoms with Crippen LogP contribution < -0.4 is 4.74 Å². The lowest BCUT2D eigenvalue weighted by Crippen LogP contribution is -1.86. The number of aromatic nitrogens is 1. The Hall–Kier alpha value is -2.55. The first kappa shape index (κ1) is 11.5. The highest BCUT2D eigenvalue weighted by atomic mass is 16.5. The van der Waals surface area contributed by atoms with E-state index < -0.39 is 0 Å². The van der Waals surface area contributed by atoms with Gasteiger partial charge < -0.3 is 9.84 Å². The molecule has 0 amide bonds. The Morgan fingerprint density at radius 1 is 1.05 bits per heavy atom. The van der Waals surface area contributed by atoms with E-state index >= 15 is 0 Å². The molecule has 3 heteroatoms. The third kappa shape index (κ3) is 2.10. The largest absolute Gasteiger partial charge is 0.507 e. The lowest BCUT2D eigenvalue weighted by atomic mass is 10.0. The third-order valence-electron chi connectivity index (χ3n) is 3.12. The Bertz CT molecular complexity index is 738. The number of aromatic hydroxyl groups is 1. The summed E-state index contributed by atoms with van der Waals surface area (Å²) in [6, 6.07) is 15.0. The van der Waals surface area contributed by atoms with E-state index in [4.69, 9.17) is 4.74 Å². The number of fused-ring (bicyclic) bond motifs is 1. The molecule has 0 fully saturated rings. The summed E-state index contributed by atoms with van der Waals surface area (Å²) in [5, 5.41) is 11.1. The molecule has 0 saturated heterocycles. The summed E-state index contributed by atoms with van der Waals surface area (Å²) in [6.07, 6.45) is 1.76. The molecule has 1 heterocycles. The smallest absolute Gasteiger partial charge is 0.123 e. The van der Waals surface area contributed by atoms with E-state index in [-0.39, 0.29) is 5.75 Å². The van der Waals surface area contributed by atoms with Gasteiger partial charge in [-0.15, -0.1) is 0 Å². The number of nitrogens with zero attached hydrogens (tertiary/aromatic N) is 1. The second-order valence-corrected chi connectivity index (χ2v) is 4.29. The zero-order valence-electron chi connectivity index (χ0n) is 10.5. The highest BCUT2D eigenvalue weighted by Crippen LogP contribution is 2.33. The quantitative estimate of drug-likeness (QED) is 0.756. The van der Waals surface area contributed by atoms with Gasteiger partial charge in [-0.1, -0.05) is 18.2 Å². The Kier molecular flexibility index (Phi) is 2.80. The molecule has 0 atom stereocenters. The number of methoxy groups -OCH3 is 1. The molecule has 0 spiro atoms. The van der Waals surface area contributed by atoms with Crippen LogP contribution in [0.4, 0.5) is 0 Å². The number of pyridine rings is 1. The molecule has 0 aliphatic rings. The van der Waals surface area contributed by atoms with Crippen molar-refractivity contribution in [1.29, 1.82) is 0 Å². The fraction of sp³-hybridized carbons (Fsp3) is 0.0625. The number of hydrogen-bond donors (Lipinski definition) is 1. The summed E-state index contributed by atoms with van der Waals surface area (Å²) in [5.41, 5.74) is 2.57. The lowest BCUT2D eigenvalue weighted by molar-refractivity contribution is 0.412. The lowest BCUT2D eigenvalue weighted by Gasteiger charge is -2.08. The fourth-order valence-electron chi connectivity index (χ4n) is 2.11. The van der Waals surface area contributed by atoms with Crippen LogP contribution in [0, 0.1) is 0 Å². The van der Waals surface area contributed by atoms with Gasteiger partial charge in [0.15, 0.2) is 0 Å². The van der Waals surface area contributed by atoms with E-state index in [0.717, 1.165) is 22.0 Å². The van der Waals surface area contributed by atoms with Crippen LogP contribution in [0.3, 0.4) is 0 Å². The van der Waals surface area contributed by atoms with Crippen molar-refractivity contribution in [1.82, 2.24) is 4.98 Å². The van der Waals surface area contributed by atoms with E-state index in [2.05, 4.69) is 4.98 Å². The first-order valence-electron chi connectivity index (χ1n) is 6.00. The molecule has 1 N–H and O–H groups in total. The Morgan fingerprint density at radius 2 is 1.95 bits per heavy atom. The van der Waals surface area contributed by atoms with E-state index in [9.17, 15) is 5.11 Å². The Morgan fingerprint density at radius 3 is 2.79 bits per heavy atom. The molecule has 2 aromatic carbocycles. The highest BCUT2D eigenvalue weighted by molar-refractivity contribution is 5.85. The van der Waals surface area contributed by atoms with Crippen molar-refractivity contribution >= 4 is 10.9 Å². The maximum absolute atomic E-state index is 9.98. The van der Waals surface area contributed by atoms with Gasteiger partial charge in [-0.25, -0.2) is 0 Å². The van der Waals surface area contributed by atoms with Crippen molar-refractivity contribution < 1.29 is 9.84 Å². The molecule has 1 aromatic heterocycles. The van der Waals surface area contributed by atoms with Gasteiger partial charge >= 0.3 is 0 Å². The third-order valence-corrected chi connectivity index (χ3v) is 3.12. The van der Waals surface area contributed by atoms with E-state index in [1.54, 1.807) is 25.4 Å². The molecule has 0 bridgehead atoms. The molecule has 19 heavy (non-hydrogen) atoms. The van der Waals surface area contributed by atoms with Crippen LogP contribution in [-0.4, -0.2) is 17.2 Å². The van der Waals surface area contributed by atoms with E-state index in [1.807, 2.05) is 36.4 Å². The highest BCUT2D eigenvalue weighted by Gasteiger charge is 2.07. The maximum atomic E-state index is 9.98. The van der Waals surface area contributed by atoms with Crippen LogP contribution >= 0.6 is 0 Å². The fourth-order valence-corrected chi connectivity index (χ4v) is 2.11. The monoisotopic (exact) mass is 251 g/mol. The number of phenolic OH excluding ortho intramolecular Hbond substituents is 1. The summed E-state index contributed by atoms with van der Waals surface area (Å²) in [5.74, 6) is 0.949. The number of phenols is 1. The SMILES string of the molecule is COc1ccc(O)c(-c2ccc3cccnc3c2)c1. The molecule has 0 radical (unpaired) electrons. The van der Waals surface area contributed by atoms with Crippen LogP contribution in [0.15, 0.2) is 54.7 Å². The topological polar surface area (TPSA) is 42.4 Å². The van der Waals surface area contributed by atoms with Crippen molar-refractivity contribution in [3.05, 3.63) is 54.7 Å². The Balaban J connectivity index is 2.18. The summed E-state index contributed by atoms with van der Waals surface area (Å²) in [6.45, 7) is 0. The minimum Gasteiger partial charge on any atom is -0.507 e. The second-order valence-electron chi connectivity index (χ2n) is 4.29. The van der Waals surface area contributed by atoms with Gasteiger partial charge in [0.25, 0.3) is 0 Å². The summed E-state index contributed by atoms with van der Waals surface area (Å²) in [4.78, 5) is 4.33. The summed E-state index contributed by atoms with van der Waals surface area (Å²) >= 11 is 0. The number of ether oxygens (including phenoxy) is 1. The zero-order chi connectivity index (χ0) is 13.2. The molecule has 3 aromatic rings. The normalized spacial score (nSPS) is 10.6. The number of benzene rings is 2. The standard InChI is InChI=1S/C16H13NO2/c1-19-13-6-7-16(18)14(10-13)12-5-4-11-3-2-8-17-15(11)9-12/h2-10,18H,1H3. The van der Waals surface area contributed by atoms with Crippen molar-refractivity contribution in [3.63, 3.8) is 0 Å². The molecule has 0 unspecified atom stereocenters. The minimum absolute atomic E-state index is 0.232. The van der Waals surface area contributed by atoms with Crippen molar-refractivity contribution in [2.75, 3.05) is 7.11 Å². The van der Waals surface area contributed by atoms with E-state index in [0.29, 0.717) is 5.75 Å². The molecule has 0 aliphatic heterocycles. The van der Waals surface area contributed by atoms with Crippen molar-refractivity contribution in [2.45, 2.75) is 0 Å². The zero-order valence-corrected chi connectivity index (χ0v) is 10.5. The van der Waals surface area contributed by atoms with Crippen LogP contribution in [0.25, 0.3) is 22.0 Å². The molecular formula is C16H13NO2. The Labute approximate surface area is 111 Å². The average molecular weight is 251 g/mol. The van der Waals surface area contributed by atoms with Gasteiger partial charge in [-0.2, -0.15) is 0 Å². The van der Waals surface area contributed by atoms with Crippen molar-refractivity contribution in [2.24, 2.45) is 0 Å². The number of hydrogen-bond acceptors (Lipinski definition) is 3. The van der Waals surface area contributed by atoms with Gasteiger partial charge in [0, 0.05) is 17.1 Å². The molecule has 0 saturated carbocycles. The van der Waals surface area contributed by atoms with Gasteiger partial charge in [0.1, 0.15) is 11.5 Å². The minimum atomic E-state index is 0.232. The van der Waals surface area contributed by atoms with Gasteiger partial charge in [0.2, 0.25) is 0 Å². The average Bonchev–Trinajstić information content (AvgIpc) is 2.47. The number of rotatable bonds is 2. The summed E-state index contributed by atoms with van der Waals surface area (Å²) < 4.78 is 5.19. The predicted molar refractivity (Wildman–Crippen MR) is 75.4 cm³/mol. The summed E-state index contributed by atoms with van der Waals surface area (Å²) in [7, 11) is 1.61. The van der Waals surface area contributed by atoms with Crippen molar-refractivity contribution in [3.8, 4) is 22.6 Å². The second kappa shape index (κ2) is 4.61. The molecule has 94 valence electrons. The van der Waals surface area contributed by atoms with Gasteiger partial charge in [0.05, 0.1) is 12.6 Å². The van der Waals surface area contributed by atoms with Gasteiger partial charge in [-0.05, 0) is 35.9 Å². The van der Waals surface area contributed by atoms with Crippen LogP contribution in [0.5, 0.6) is 11.5 Å². The van der Waals surface area contributed by atoms with E-state index in [1.165, 1.54) is 0 Å². The molecule has 3 nitrogen and oxygen atoms in total. The predicted octanol–water partition coefficient (Wildman–Crippen LogP) is 3.62. The molecule has 3 rings (SSSR count). The molecular weight excluding hydrogens is 238 g/mol. The first-order valence-corrected chi connectivity index (χ1v) is 6.00. The molecule has 0 aliphatic carbocycles. The maximum Gasteiger partial charge on any atom is 0.123 e. The van der Waals surface area contributed by atoms with Gasteiger partial charge in [-0.3, -0.25) is 4.98 Å². The van der Waals surface area contributed by atoms with Crippen LogP contribution in [-0.2, 0) is 0 Å².